The number of thiocarbonyl (C=S) groups is 1. The molecule has 0 aliphatic rings. The maximum atomic E-state index is 13.3. The van der Waals surface area contributed by atoms with Crippen molar-refractivity contribution < 1.29 is 9.67 Å². The van der Waals surface area contributed by atoms with Crippen molar-refractivity contribution in [2.75, 3.05) is 5.32 Å². The second kappa shape index (κ2) is 8.93. The summed E-state index contributed by atoms with van der Waals surface area (Å²) in [5.41, 5.74) is 2.39. The molecule has 0 amide bonds. The van der Waals surface area contributed by atoms with Gasteiger partial charge >= 0.3 is 0 Å². The Morgan fingerprint density at radius 2 is 1.71 bits per heavy atom. The van der Waals surface area contributed by atoms with Gasteiger partial charge in [0.25, 0.3) is 0 Å². The van der Waals surface area contributed by atoms with Crippen molar-refractivity contribution in [1.29, 1.82) is 0 Å². The molecule has 0 radical (unpaired) electrons. The predicted molar refractivity (Wildman–Crippen MR) is 119 cm³/mol. The van der Waals surface area contributed by atoms with Crippen molar-refractivity contribution in [2.45, 2.75) is 6.92 Å². The van der Waals surface area contributed by atoms with Crippen LogP contribution in [-0.4, -0.2) is 4.99 Å². The number of hydrogen-bond acceptors (Lipinski definition) is 2. The van der Waals surface area contributed by atoms with Crippen molar-refractivity contribution in [3.8, 4) is 0 Å². The van der Waals surface area contributed by atoms with E-state index < -0.39 is 0 Å². The Kier molecular flexibility index (Phi) is 6.57. The Bertz CT molecular complexity index is 1070. The van der Waals surface area contributed by atoms with Gasteiger partial charge in [0, 0.05) is 22.3 Å². The summed E-state index contributed by atoms with van der Waals surface area (Å²) in [6.07, 6.45) is 3.61. The van der Waals surface area contributed by atoms with Gasteiger partial charge in [-0.25, -0.2) is 0 Å². The average Bonchev–Trinajstić information content (AvgIpc) is 2.66. The summed E-state index contributed by atoms with van der Waals surface area (Å²) in [5, 5.41) is 17.7. The number of anilines is 1. The standard InChI is InChI=1S/C21H15Cl3N2OS/c1-13-3-2-10-26(12-13)19(20(27)14-4-9-17(23)18(24)11-14)21(28)25-16-7-5-15(22)6-8-16/h2-12H,1H3,(H-,25,27,28). The number of benzene rings is 2. The molecule has 2 aromatic carbocycles. The van der Waals surface area contributed by atoms with E-state index in [1.54, 1.807) is 47.2 Å². The Hall–Kier alpha value is -2.11. The minimum Gasteiger partial charge on any atom is -0.867 e. The van der Waals surface area contributed by atoms with Crippen LogP contribution in [0.1, 0.15) is 11.1 Å². The van der Waals surface area contributed by atoms with Gasteiger partial charge in [-0.05, 0) is 60.7 Å². The lowest BCUT2D eigenvalue weighted by Gasteiger charge is -2.17. The van der Waals surface area contributed by atoms with Crippen molar-refractivity contribution in [3.05, 3.63) is 93.2 Å². The van der Waals surface area contributed by atoms with Gasteiger partial charge in [0.05, 0.1) is 10.0 Å². The molecule has 1 heterocycles. The fraction of sp³-hybridized carbons (Fsp3) is 0.0476. The SMILES string of the molecule is Cc1ccc[n+](C(C(=S)Nc2ccc(Cl)cc2)=C([O-])c2ccc(Cl)c(Cl)c2)c1. The van der Waals surface area contributed by atoms with Gasteiger partial charge < -0.3 is 10.4 Å². The van der Waals surface area contributed by atoms with Crippen LogP contribution in [0.25, 0.3) is 11.5 Å². The Morgan fingerprint density at radius 1 is 1.00 bits per heavy atom. The highest BCUT2D eigenvalue weighted by atomic mass is 35.5. The van der Waals surface area contributed by atoms with E-state index in [4.69, 9.17) is 47.0 Å². The van der Waals surface area contributed by atoms with Crippen molar-refractivity contribution in [3.63, 3.8) is 0 Å². The Morgan fingerprint density at radius 3 is 2.36 bits per heavy atom. The maximum absolute atomic E-state index is 13.3. The molecular weight excluding hydrogens is 435 g/mol. The molecule has 142 valence electrons. The van der Waals surface area contributed by atoms with Gasteiger partial charge in [-0.1, -0.05) is 53.1 Å². The van der Waals surface area contributed by atoms with Gasteiger partial charge in [0.15, 0.2) is 17.4 Å². The number of nitrogens with one attached hydrogen (secondary N) is 1. The molecule has 0 atom stereocenters. The first kappa shape index (κ1) is 20.6. The lowest BCUT2D eigenvalue weighted by molar-refractivity contribution is -0.578. The fourth-order valence-corrected chi connectivity index (χ4v) is 3.31. The summed E-state index contributed by atoms with van der Waals surface area (Å²) in [5.74, 6) is -0.277. The second-order valence-electron chi connectivity index (χ2n) is 6.06. The molecule has 1 N–H and O–H groups in total. The number of halogens is 3. The molecule has 0 bridgehead atoms. The highest BCUT2D eigenvalue weighted by Crippen LogP contribution is 2.26. The molecule has 0 aliphatic carbocycles. The zero-order chi connectivity index (χ0) is 20.3. The molecule has 0 fully saturated rings. The largest absolute Gasteiger partial charge is 0.867 e. The smallest absolute Gasteiger partial charge is 0.238 e. The van der Waals surface area contributed by atoms with Crippen LogP contribution >= 0.6 is 47.0 Å². The van der Waals surface area contributed by atoms with E-state index >= 15 is 0 Å². The van der Waals surface area contributed by atoms with E-state index in [0.717, 1.165) is 11.3 Å². The minimum absolute atomic E-state index is 0.272. The summed E-state index contributed by atoms with van der Waals surface area (Å²) in [4.78, 5) is 0.272. The van der Waals surface area contributed by atoms with Crippen LogP contribution < -0.4 is 15.0 Å². The van der Waals surface area contributed by atoms with Gasteiger partial charge in [-0.2, -0.15) is 4.57 Å². The van der Waals surface area contributed by atoms with E-state index in [2.05, 4.69) is 5.32 Å². The molecule has 28 heavy (non-hydrogen) atoms. The highest BCUT2D eigenvalue weighted by molar-refractivity contribution is 7.81. The zero-order valence-corrected chi connectivity index (χ0v) is 17.8. The lowest BCUT2D eigenvalue weighted by Crippen LogP contribution is -2.40. The number of aryl methyl sites for hydroxylation is 1. The molecular formula is C21H15Cl3N2OS. The summed E-state index contributed by atoms with van der Waals surface area (Å²) in [6, 6.07) is 15.6. The summed E-state index contributed by atoms with van der Waals surface area (Å²) >= 11 is 23.6. The normalized spacial score (nSPS) is 11.7. The van der Waals surface area contributed by atoms with Gasteiger partial charge in [-0.3, -0.25) is 0 Å². The van der Waals surface area contributed by atoms with E-state index in [1.807, 2.05) is 25.3 Å². The first-order valence-corrected chi connectivity index (χ1v) is 9.81. The van der Waals surface area contributed by atoms with E-state index in [9.17, 15) is 5.11 Å². The van der Waals surface area contributed by atoms with Crippen LogP contribution in [0.3, 0.4) is 0 Å². The third-order valence-electron chi connectivity index (χ3n) is 3.92. The molecule has 1 aromatic heterocycles. The molecule has 7 heteroatoms. The molecule has 0 spiro atoms. The zero-order valence-electron chi connectivity index (χ0n) is 14.7. The molecule has 3 rings (SSSR count). The molecule has 3 nitrogen and oxygen atoms in total. The number of rotatable bonds is 4. The Labute approximate surface area is 183 Å². The van der Waals surface area contributed by atoms with Crippen LogP contribution in [-0.2, 0) is 0 Å². The minimum atomic E-state index is -0.277. The van der Waals surface area contributed by atoms with E-state index in [0.29, 0.717) is 26.3 Å². The summed E-state index contributed by atoms with van der Waals surface area (Å²) in [7, 11) is 0. The second-order valence-corrected chi connectivity index (χ2v) is 7.72. The average molecular weight is 450 g/mol. The first-order valence-electron chi connectivity index (χ1n) is 8.27. The third kappa shape index (κ3) is 4.83. The summed E-state index contributed by atoms with van der Waals surface area (Å²) < 4.78 is 1.70. The quantitative estimate of drug-likeness (QED) is 0.252. The molecule has 0 unspecified atom stereocenters. The van der Waals surface area contributed by atoms with Crippen LogP contribution in [0.15, 0.2) is 67.0 Å². The number of aromatic nitrogens is 1. The fourth-order valence-electron chi connectivity index (χ4n) is 2.57. The maximum Gasteiger partial charge on any atom is 0.238 e. The molecule has 0 aliphatic heterocycles. The number of nitrogens with zero attached hydrogens (tertiary/aromatic N) is 1. The molecule has 0 saturated heterocycles. The monoisotopic (exact) mass is 448 g/mol. The lowest BCUT2D eigenvalue weighted by atomic mass is 10.1. The van der Waals surface area contributed by atoms with Gasteiger partial charge in [0.1, 0.15) is 0 Å². The van der Waals surface area contributed by atoms with Crippen molar-refractivity contribution in [2.24, 2.45) is 0 Å². The van der Waals surface area contributed by atoms with E-state index in [1.165, 1.54) is 6.07 Å². The molecule has 0 saturated carbocycles. The number of pyridine rings is 1. The van der Waals surface area contributed by atoms with Crippen molar-refractivity contribution >= 4 is 69.2 Å². The number of hydrogen-bond donors (Lipinski definition) is 1. The van der Waals surface area contributed by atoms with Crippen LogP contribution in [0, 0.1) is 6.92 Å². The van der Waals surface area contributed by atoms with Crippen LogP contribution in [0.2, 0.25) is 15.1 Å². The first-order chi connectivity index (χ1) is 13.3. The van der Waals surface area contributed by atoms with Crippen LogP contribution in [0.5, 0.6) is 0 Å². The summed E-state index contributed by atoms with van der Waals surface area (Å²) in [6.45, 7) is 1.94. The topological polar surface area (TPSA) is 39.0 Å². The predicted octanol–water partition coefficient (Wildman–Crippen LogP) is 5.37. The molecule has 3 aromatic rings. The third-order valence-corrected chi connectivity index (χ3v) is 5.21. The highest BCUT2D eigenvalue weighted by Gasteiger charge is 2.19. The Balaban J connectivity index is 2.09. The van der Waals surface area contributed by atoms with Gasteiger partial charge in [-0.15, -0.1) is 0 Å². The van der Waals surface area contributed by atoms with E-state index in [-0.39, 0.29) is 10.7 Å². The van der Waals surface area contributed by atoms with Crippen LogP contribution in [0.4, 0.5) is 5.69 Å². The van der Waals surface area contributed by atoms with Gasteiger partial charge in [0.2, 0.25) is 5.70 Å². The van der Waals surface area contributed by atoms with Crippen molar-refractivity contribution in [1.82, 2.24) is 0 Å².